The highest BCUT2D eigenvalue weighted by atomic mass is 16.5. The van der Waals surface area contributed by atoms with Gasteiger partial charge in [0, 0.05) is 49.6 Å². The van der Waals surface area contributed by atoms with Gasteiger partial charge in [-0.3, -0.25) is 43.2 Å². The van der Waals surface area contributed by atoms with Gasteiger partial charge in [0.15, 0.2) is 0 Å². The first-order valence-electron chi connectivity index (χ1n) is 26.3. The van der Waals surface area contributed by atoms with Crippen molar-refractivity contribution in [1.82, 2.24) is 46.7 Å². The van der Waals surface area contributed by atoms with Crippen LogP contribution in [0.15, 0.2) is 42.6 Å². The molecule has 8 amide bonds. The number of aromatic amines is 1. The molecule has 2 aromatic rings. The van der Waals surface area contributed by atoms with Crippen LogP contribution < -0.4 is 31.9 Å². The summed E-state index contributed by atoms with van der Waals surface area (Å²) < 4.78 is 4.61. The number of carbonyl (C=O) groups is 11. The molecule has 23 nitrogen and oxygen atoms in total. The molecule has 2 aliphatic rings. The molecule has 418 valence electrons. The first kappa shape index (κ1) is 61.2. The number of H-pyrrole nitrogens is 1. The van der Waals surface area contributed by atoms with E-state index in [0.29, 0.717) is 38.5 Å². The molecule has 1 aromatic heterocycles. The van der Waals surface area contributed by atoms with Crippen LogP contribution in [0.3, 0.4) is 0 Å². The number of likely N-dealkylation sites (tertiary alicyclic amines) is 2. The quantitative estimate of drug-likeness (QED) is 0.0400. The van der Waals surface area contributed by atoms with E-state index >= 15 is 0 Å². The molecule has 9 N–H and O–H groups in total. The number of hydrogen-bond acceptors (Lipinski definition) is 12. The smallest absolute Gasteiger partial charge is 0.330 e. The number of ether oxygens (including phenoxy) is 1. The van der Waals surface area contributed by atoms with Crippen LogP contribution in [0.5, 0.6) is 0 Å². The van der Waals surface area contributed by atoms with Crippen molar-refractivity contribution in [3.63, 3.8) is 0 Å². The molecule has 0 bridgehead atoms. The number of nitrogens with zero attached hydrogens (tertiary/aromatic N) is 2. The maximum atomic E-state index is 14.7. The van der Waals surface area contributed by atoms with E-state index in [1.165, 1.54) is 23.0 Å². The first-order valence-corrected chi connectivity index (χ1v) is 26.3. The third-order valence-corrected chi connectivity index (χ3v) is 13.4. The topological polar surface area (TPSA) is 332 Å². The zero-order valence-corrected chi connectivity index (χ0v) is 44.4. The second kappa shape index (κ2) is 30.3. The Labute approximate surface area is 442 Å². The van der Waals surface area contributed by atoms with Crippen molar-refractivity contribution in [1.29, 1.82) is 0 Å². The molecule has 0 aliphatic carbocycles. The van der Waals surface area contributed by atoms with E-state index in [9.17, 15) is 63.0 Å². The average molecular weight is 1060 g/mol. The number of unbranched alkanes of at least 4 members (excludes halogenated alkanes) is 2. The number of amides is 8. The monoisotopic (exact) mass is 1060 g/mol. The SMILES string of the molecule is CCCC[C@H](NC(=O)[C@H](CC/C=C/C(=O)OC)NC(=O)[C@H](CC(=O)O)NC(C)=O)C(=O)N[C@@H](CCCC)C(=O)N[C@@H](CC(C)C)C(=O)N1CCC[C@H]1C(=O)N[C@@H](Cc1c[nH]c2ccccc12)C(=O)N1CCC[C@H]1C(=O)O. The van der Waals surface area contributed by atoms with Gasteiger partial charge < -0.3 is 61.6 Å². The lowest BCUT2D eigenvalue weighted by atomic mass is 10.00. The normalized spacial score (nSPS) is 17.7. The summed E-state index contributed by atoms with van der Waals surface area (Å²) in [5.41, 5.74) is 1.54. The second-order valence-corrected chi connectivity index (χ2v) is 19.9. The number of hydrogen-bond donors (Lipinski definition) is 9. The molecule has 23 heteroatoms. The predicted octanol–water partition coefficient (Wildman–Crippen LogP) is 2.12. The summed E-state index contributed by atoms with van der Waals surface area (Å²) in [5.74, 6) is -9.00. The van der Waals surface area contributed by atoms with Gasteiger partial charge in [-0.15, -0.1) is 0 Å². The fourth-order valence-electron chi connectivity index (χ4n) is 9.52. The van der Waals surface area contributed by atoms with E-state index in [0.717, 1.165) is 29.5 Å². The van der Waals surface area contributed by atoms with Gasteiger partial charge in [-0.1, -0.05) is 77.7 Å². The third-order valence-electron chi connectivity index (χ3n) is 13.4. The molecular weight excluding hydrogens is 987 g/mol. The molecule has 0 saturated carbocycles. The Morgan fingerprint density at radius 2 is 1.22 bits per heavy atom. The summed E-state index contributed by atoms with van der Waals surface area (Å²) in [6.45, 7) is 8.94. The van der Waals surface area contributed by atoms with Crippen LogP contribution in [0.25, 0.3) is 10.9 Å². The fraction of sp³-hybridized carbons (Fsp3) is 0.604. The molecule has 0 spiro atoms. The standard InChI is InChI=1S/C53H77N9O14/c1-7-9-18-36(56-47(68)38(21-13-14-24-45(66)76-6)58-49(70)39(29-44(64)65)55-32(5)63)46(67)57-37(19-10-8-2)48(69)59-40(27-31(3)4)51(72)61-25-15-22-42(61)50(71)60-41(52(73)62-26-16-23-43(62)53(74)75)28-33-30-54-35-20-12-11-17-34(33)35/h11-12,14,17,20,24,30-31,36-43,54H,7-10,13,15-16,18-19,21-23,25-29H2,1-6H3,(H,55,63)(H,56,68)(H,57,67)(H,58,70)(H,59,69)(H,60,71)(H,64,65)(H,74,75)/b24-14+/t36-,37-,38-,39-,40-,41-,42-,43-/m0/s1. The fourth-order valence-corrected chi connectivity index (χ4v) is 9.52. The molecule has 8 atom stereocenters. The third kappa shape index (κ3) is 18.2. The van der Waals surface area contributed by atoms with Crippen LogP contribution in [0.4, 0.5) is 0 Å². The Balaban J connectivity index is 1.55. The van der Waals surface area contributed by atoms with Gasteiger partial charge in [0.05, 0.1) is 13.5 Å². The molecule has 2 fully saturated rings. The van der Waals surface area contributed by atoms with Crippen LogP contribution in [-0.2, 0) is 63.9 Å². The summed E-state index contributed by atoms with van der Waals surface area (Å²) in [4.78, 5) is 152. The van der Waals surface area contributed by atoms with E-state index in [2.05, 4.69) is 41.6 Å². The van der Waals surface area contributed by atoms with Crippen LogP contribution in [0.1, 0.15) is 130 Å². The Hall–Kier alpha value is -7.33. The molecule has 3 heterocycles. The predicted molar refractivity (Wildman–Crippen MR) is 278 cm³/mol. The van der Waals surface area contributed by atoms with Crippen molar-refractivity contribution in [3.05, 3.63) is 48.2 Å². The van der Waals surface area contributed by atoms with Crippen LogP contribution in [-0.4, -0.2) is 159 Å². The Bertz CT molecular complexity index is 2410. The van der Waals surface area contributed by atoms with Crippen molar-refractivity contribution in [2.75, 3.05) is 20.2 Å². The minimum atomic E-state index is -1.55. The number of nitrogens with one attached hydrogen (secondary N) is 7. The van der Waals surface area contributed by atoms with Crippen molar-refractivity contribution >= 4 is 76.1 Å². The van der Waals surface area contributed by atoms with Crippen molar-refractivity contribution in [3.8, 4) is 0 Å². The molecule has 76 heavy (non-hydrogen) atoms. The highest BCUT2D eigenvalue weighted by Crippen LogP contribution is 2.25. The number of rotatable bonds is 30. The Morgan fingerprint density at radius 3 is 1.76 bits per heavy atom. The van der Waals surface area contributed by atoms with Crippen molar-refractivity contribution < 1.29 is 67.7 Å². The van der Waals surface area contributed by atoms with E-state index in [-0.39, 0.29) is 70.4 Å². The number of allylic oxidation sites excluding steroid dienone is 1. The molecular formula is C53H77N9O14. The number of esters is 1. The van der Waals surface area contributed by atoms with Gasteiger partial charge in [0.2, 0.25) is 47.3 Å². The Morgan fingerprint density at radius 1 is 0.697 bits per heavy atom. The van der Waals surface area contributed by atoms with Crippen LogP contribution in [0, 0.1) is 5.92 Å². The number of methoxy groups -OCH3 is 1. The van der Waals surface area contributed by atoms with Gasteiger partial charge in [-0.05, 0) is 75.3 Å². The van der Waals surface area contributed by atoms with Crippen molar-refractivity contribution in [2.45, 2.75) is 179 Å². The average Bonchev–Trinajstić information content (AvgIpc) is 4.17. The van der Waals surface area contributed by atoms with E-state index in [1.807, 2.05) is 52.0 Å². The number of carbonyl (C=O) groups excluding carboxylic acids is 9. The Kier molecular flexibility index (Phi) is 24.4. The minimum Gasteiger partial charge on any atom is -0.481 e. The zero-order valence-electron chi connectivity index (χ0n) is 44.4. The molecule has 2 saturated heterocycles. The number of aromatic nitrogens is 1. The first-order chi connectivity index (χ1) is 36.2. The summed E-state index contributed by atoms with van der Waals surface area (Å²) in [7, 11) is 1.18. The van der Waals surface area contributed by atoms with Gasteiger partial charge >= 0.3 is 17.9 Å². The summed E-state index contributed by atoms with van der Waals surface area (Å²) >= 11 is 0. The lowest BCUT2D eigenvalue weighted by Gasteiger charge is -2.32. The van der Waals surface area contributed by atoms with Gasteiger partial charge in [0.25, 0.3) is 0 Å². The lowest BCUT2D eigenvalue weighted by molar-refractivity contribution is -0.149. The van der Waals surface area contributed by atoms with E-state index in [1.54, 1.807) is 6.20 Å². The summed E-state index contributed by atoms with van der Waals surface area (Å²) in [5, 5.41) is 36.1. The molecule has 0 unspecified atom stereocenters. The van der Waals surface area contributed by atoms with Crippen LogP contribution >= 0.6 is 0 Å². The number of carboxylic acids is 2. The molecule has 1 aromatic carbocycles. The van der Waals surface area contributed by atoms with E-state index in [4.69, 9.17) is 0 Å². The van der Waals surface area contributed by atoms with Gasteiger partial charge in [0.1, 0.15) is 48.3 Å². The lowest BCUT2D eigenvalue weighted by Crippen LogP contribution is -2.60. The number of carboxylic acid groups (broad SMARTS) is 2. The van der Waals surface area contributed by atoms with Crippen molar-refractivity contribution in [2.24, 2.45) is 5.92 Å². The number of aliphatic carboxylic acids is 2. The van der Waals surface area contributed by atoms with Crippen LogP contribution in [0.2, 0.25) is 0 Å². The molecule has 4 rings (SSSR count). The maximum absolute atomic E-state index is 14.7. The largest absolute Gasteiger partial charge is 0.481 e. The summed E-state index contributed by atoms with van der Waals surface area (Å²) in [6, 6.07) is -2.34. The number of para-hydroxylation sites is 1. The highest BCUT2D eigenvalue weighted by Gasteiger charge is 2.42. The second-order valence-electron chi connectivity index (χ2n) is 19.9. The highest BCUT2D eigenvalue weighted by molar-refractivity contribution is 5.99. The molecule has 2 aliphatic heterocycles. The maximum Gasteiger partial charge on any atom is 0.330 e. The zero-order chi connectivity index (χ0) is 56.1. The summed E-state index contributed by atoms with van der Waals surface area (Å²) in [6.07, 6.45) is 7.40. The van der Waals surface area contributed by atoms with Gasteiger partial charge in [-0.25, -0.2) is 9.59 Å². The minimum absolute atomic E-state index is 0.0418. The number of benzene rings is 1. The number of fused-ring (bicyclic) bond motifs is 1. The van der Waals surface area contributed by atoms with Gasteiger partial charge in [-0.2, -0.15) is 0 Å². The molecule has 0 radical (unpaired) electrons. The van der Waals surface area contributed by atoms with E-state index < -0.39 is 120 Å².